The summed E-state index contributed by atoms with van der Waals surface area (Å²) < 4.78 is 5.52. The lowest BCUT2D eigenvalue weighted by molar-refractivity contribution is 0.0173. The maximum Gasteiger partial charge on any atom is 0.194 e. The van der Waals surface area contributed by atoms with Crippen molar-refractivity contribution in [1.82, 2.24) is 20.0 Å². The molecule has 1 aromatic carbocycles. The summed E-state index contributed by atoms with van der Waals surface area (Å²) in [5.74, 6) is 1.91. The molecule has 0 amide bonds. The van der Waals surface area contributed by atoms with Crippen LogP contribution < -0.4 is 10.1 Å². The van der Waals surface area contributed by atoms with Gasteiger partial charge in [-0.3, -0.25) is 14.8 Å². The number of ether oxygens (including phenoxy) is 1. The van der Waals surface area contributed by atoms with Crippen LogP contribution >= 0.6 is 0 Å². The zero-order valence-corrected chi connectivity index (χ0v) is 16.4. The Balaban J connectivity index is 1.58. The minimum atomic E-state index is 0.560. The number of piperazine rings is 3. The molecule has 3 aliphatic rings. The van der Waals surface area contributed by atoms with Crippen LogP contribution in [-0.4, -0.2) is 86.2 Å². The third-order valence-corrected chi connectivity index (χ3v) is 5.19. The number of guanidine groups is 1. The molecule has 0 saturated carbocycles. The number of aliphatic imine (C=N–C) groups is 1. The van der Waals surface area contributed by atoms with E-state index in [1.165, 1.54) is 31.7 Å². The molecule has 2 bridgehead atoms. The molecule has 1 unspecified atom stereocenters. The number of nitrogens with one attached hydrogen (secondary N) is 1. The summed E-state index contributed by atoms with van der Waals surface area (Å²) in [5.41, 5.74) is 1.26. The lowest BCUT2D eigenvalue weighted by Gasteiger charge is -2.47. The van der Waals surface area contributed by atoms with Gasteiger partial charge in [-0.2, -0.15) is 0 Å². The second-order valence-electron chi connectivity index (χ2n) is 7.12. The van der Waals surface area contributed by atoms with Gasteiger partial charge in [-0.05, 0) is 31.5 Å². The molecule has 4 rings (SSSR count). The van der Waals surface area contributed by atoms with Crippen molar-refractivity contribution in [2.24, 2.45) is 4.99 Å². The summed E-state index contributed by atoms with van der Waals surface area (Å²) in [6, 6.07) is 8.90. The summed E-state index contributed by atoms with van der Waals surface area (Å²) in [4.78, 5) is 12.3. The fourth-order valence-electron chi connectivity index (χ4n) is 3.77. The van der Waals surface area contributed by atoms with E-state index in [1.807, 2.05) is 19.1 Å². The highest BCUT2D eigenvalue weighted by Gasteiger charge is 2.31. The highest BCUT2D eigenvalue weighted by molar-refractivity contribution is 5.79. The van der Waals surface area contributed by atoms with Crippen molar-refractivity contribution >= 4 is 5.96 Å². The topological polar surface area (TPSA) is 43.3 Å². The maximum atomic E-state index is 5.52. The van der Waals surface area contributed by atoms with Crippen LogP contribution in [0.4, 0.5) is 0 Å². The van der Waals surface area contributed by atoms with Crippen LogP contribution in [0.3, 0.4) is 0 Å². The zero-order chi connectivity index (χ0) is 18.4. The Morgan fingerprint density at radius 2 is 1.92 bits per heavy atom. The predicted octanol–water partition coefficient (Wildman–Crippen LogP) is 1.48. The molecule has 1 aromatic rings. The van der Waals surface area contributed by atoms with E-state index < -0.39 is 0 Å². The quantitative estimate of drug-likeness (QED) is 0.590. The normalized spacial score (nSPS) is 25.2. The van der Waals surface area contributed by atoms with Crippen LogP contribution in [0.2, 0.25) is 0 Å². The average molecular weight is 360 g/mol. The molecule has 144 valence electrons. The van der Waals surface area contributed by atoms with Crippen molar-refractivity contribution in [3.63, 3.8) is 0 Å². The molecule has 0 aliphatic carbocycles. The molecule has 6 nitrogen and oxygen atoms in total. The van der Waals surface area contributed by atoms with Crippen LogP contribution in [0.15, 0.2) is 29.3 Å². The Kier molecular flexibility index (Phi) is 6.74. The number of rotatable bonds is 7. The van der Waals surface area contributed by atoms with Gasteiger partial charge in [-0.1, -0.05) is 12.1 Å². The van der Waals surface area contributed by atoms with Gasteiger partial charge in [0.25, 0.3) is 0 Å². The number of hydrogen-bond acceptors (Lipinski definition) is 4. The summed E-state index contributed by atoms with van der Waals surface area (Å²) in [7, 11) is 2.11. The molecule has 3 saturated heterocycles. The molecule has 0 radical (unpaired) electrons. The SMILES string of the molecule is CCNC(=NCC1CN2CCN1CC2)N(C)Cc1ccc(OCC)cc1. The Hall–Kier alpha value is -1.79. The van der Waals surface area contributed by atoms with Crippen LogP contribution in [0, 0.1) is 0 Å². The molecule has 1 atom stereocenters. The standard InChI is InChI=1S/C20H33N5O/c1-4-21-20(22-14-18-16-24-10-12-25(18)13-11-24)23(3)15-17-6-8-19(9-7-17)26-5-2/h6-9,18H,4-5,10-16H2,1-3H3,(H,21,22). The van der Waals surface area contributed by atoms with Gasteiger partial charge < -0.3 is 15.0 Å². The van der Waals surface area contributed by atoms with Gasteiger partial charge in [-0.25, -0.2) is 0 Å². The predicted molar refractivity (Wildman–Crippen MR) is 107 cm³/mol. The molecule has 3 fully saturated rings. The number of fused-ring (bicyclic) bond motifs is 3. The molecular weight excluding hydrogens is 326 g/mol. The van der Waals surface area contributed by atoms with E-state index in [0.29, 0.717) is 12.6 Å². The van der Waals surface area contributed by atoms with Gasteiger partial charge in [0, 0.05) is 58.9 Å². The summed E-state index contributed by atoms with van der Waals surface area (Å²) >= 11 is 0. The summed E-state index contributed by atoms with van der Waals surface area (Å²) in [6.45, 7) is 13.4. The Labute approximate surface area is 157 Å². The van der Waals surface area contributed by atoms with E-state index in [-0.39, 0.29) is 0 Å². The average Bonchev–Trinajstić information content (AvgIpc) is 2.68. The number of nitrogens with zero attached hydrogens (tertiary/aromatic N) is 4. The molecule has 0 spiro atoms. The number of benzene rings is 1. The van der Waals surface area contributed by atoms with Crippen molar-refractivity contribution < 1.29 is 4.74 Å². The zero-order valence-electron chi connectivity index (χ0n) is 16.4. The molecule has 1 N–H and O–H groups in total. The van der Waals surface area contributed by atoms with Gasteiger partial charge in [0.1, 0.15) is 5.75 Å². The van der Waals surface area contributed by atoms with Crippen LogP contribution in [0.1, 0.15) is 19.4 Å². The molecule has 3 heterocycles. The Morgan fingerprint density at radius 1 is 1.19 bits per heavy atom. The van der Waals surface area contributed by atoms with E-state index in [1.54, 1.807) is 0 Å². The highest BCUT2D eigenvalue weighted by atomic mass is 16.5. The van der Waals surface area contributed by atoms with E-state index >= 15 is 0 Å². The largest absolute Gasteiger partial charge is 0.494 e. The third kappa shape index (κ3) is 4.89. The van der Waals surface area contributed by atoms with Crippen molar-refractivity contribution in [3.05, 3.63) is 29.8 Å². The summed E-state index contributed by atoms with van der Waals surface area (Å²) in [6.07, 6.45) is 0. The van der Waals surface area contributed by atoms with Crippen LogP contribution in [-0.2, 0) is 6.54 Å². The molecular formula is C20H33N5O. The Bertz CT molecular complexity index is 580. The number of hydrogen-bond donors (Lipinski definition) is 1. The van der Waals surface area contributed by atoms with E-state index in [2.05, 4.69) is 46.1 Å². The van der Waals surface area contributed by atoms with Gasteiger partial charge in [0.05, 0.1) is 13.2 Å². The fourth-order valence-corrected chi connectivity index (χ4v) is 3.77. The fraction of sp³-hybridized carbons (Fsp3) is 0.650. The molecule has 26 heavy (non-hydrogen) atoms. The second-order valence-corrected chi connectivity index (χ2v) is 7.12. The smallest absolute Gasteiger partial charge is 0.194 e. The van der Waals surface area contributed by atoms with Crippen molar-refractivity contribution in [3.8, 4) is 5.75 Å². The molecule has 3 aliphatic heterocycles. The minimum Gasteiger partial charge on any atom is -0.494 e. The highest BCUT2D eigenvalue weighted by Crippen LogP contribution is 2.16. The first kappa shape index (κ1) is 19.0. The third-order valence-electron chi connectivity index (χ3n) is 5.19. The first-order valence-corrected chi connectivity index (χ1v) is 9.87. The molecule has 6 heteroatoms. The minimum absolute atomic E-state index is 0.560. The van der Waals surface area contributed by atoms with E-state index in [4.69, 9.17) is 9.73 Å². The lowest BCUT2D eigenvalue weighted by atomic mass is 10.1. The van der Waals surface area contributed by atoms with Crippen LogP contribution in [0.25, 0.3) is 0 Å². The first-order valence-electron chi connectivity index (χ1n) is 9.87. The van der Waals surface area contributed by atoms with Gasteiger partial charge in [0.2, 0.25) is 0 Å². The second kappa shape index (κ2) is 9.24. The van der Waals surface area contributed by atoms with Crippen LogP contribution in [0.5, 0.6) is 5.75 Å². The maximum absolute atomic E-state index is 5.52. The van der Waals surface area contributed by atoms with Crippen molar-refractivity contribution in [2.75, 3.05) is 59.5 Å². The van der Waals surface area contributed by atoms with Gasteiger partial charge >= 0.3 is 0 Å². The first-order chi connectivity index (χ1) is 12.7. The monoisotopic (exact) mass is 359 g/mol. The van der Waals surface area contributed by atoms with E-state index in [9.17, 15) is 0 Å². The van der Waals surface area contributed by atoms with E-state index in [0.717, 1.165) is 37.9 Å². The van der Waals surface area contributed by atoms with Crippen molar-refractivity contribution in [2.45, 2.75) is 26.4 Å². The van der Waals surface area contributed by atoms with Gasteiger partial charge in [-0.15, -0.1) is 0 Å². The lowest BCUT2D eigenvalue weighted by Crippen LogP contribution is -2.62. The van der Waals surface area contributed by atoms with Crippen molar-refractivity contribution in [1.29, 1.82) is 0 Å². The van der Waals surface area contributed by atoms with Gasteiger partial charge in [0.15, 0.2) is 5.96 Å². The Morgan fingerprint density at radius 3 is 2.50 bits per heavy atom. The molecule has 0 aromatic heterocycles. The summed E-state index contributed by atoms with van der Waals surface area (Å²) in [5, 5.41) is 3.44.